The lowest BCUT2D eigenvalue weighted by molar-refractivity contribution is -0.128. The molecule has 0 saturated carbocycles. The van der Waals surface area contributed by atoms with Gasteiger partial charge in [-0.2, -0.15) is 0 Å². The molecule has 8 heteroatoms. The van der Waals surface area contributed by atoms with Crippen molar-refractivity contribution >= 4 is 21.6 Å². The molecule has 1 N–H and O–H groups in total. The number of sulfonamides is 1. The molecule has 2 aromatic carbocycles. The van der Waals surface area contributed by atoms with Crippen LogP contribution in [0.1, 0.15) is 31.9 Å². The smallest absolute Gasteiger partial charge is 0.261 e. The number of hydrogen-bond donors (Lipinski definition) is 1. The van der Waals surface area contributed by atoms with Gasteiger partial charge in [0, 0.05) is 7.05 Å². The van der Waals surface area contributed by atoms with Crippen molar-refractivity contribution in [2.75, 3.05) is 24.7 Å². The Morgan fingerprint density at radius 3 is 2.10 bits per heavy atom. The second-order valence-corrected chi connectivity index (χ2v) is 8.76. The van der Waals surface area contributed by atoms with Gasteiger partial charge in [0.1, 0.15) is 11.5 Å². The highest BCUT2D eigenvalue weighted by Crippen LogP contribution is 2.22. The number of nitrogens with zero attached hydrogens (tertiary/aromatic N) is 1. The van der Waals surface area contributed by atoms with Crippen molar-refractivity contribution in [1.82, 2.24) is 5.32 Å². The lowest BCUT2D eigenvalue weighted by atomic mass is 10.1. The molecule has 0 unspecified atom stereocenters. The van der Waals surface area contributed by atoms with Crippen LogP contribution in [0, 0.1) is 0 Å². The summed E-state index contributed by atoms with van der Waals surface area (Å²) in [4.78, 5) is 12.6. The Labute approximate surface area is 172 Å². The lowest BCUT2D eigenvalue weighted by Crippen LogP contribution is -2.39. The van der Waals surface area contributed by atoms with Crippen molar-refractivity contribution in [2.24, 2.45) is 0 Å². The van der Waals surface area contributed by atoms with Crippen LogP contribution in [0.2, 0.25) is 0 Å². The Balaban J connectivity index is 2.02. The van der Waals surface area contributed by atoms with E-state index in [0.717, 1.165) is 17.6 Å². The summed E-state index contributed by atoms with van der Waals surface area (Å²) < 4.78 is 35.4. The van der Waals surface area contributed by atoms with Crippen LogP contribution in [-0.4, -0.2) is 40.8 Å². The zero-order chi connectivity index (χ0) is 21.6. The van der Waals surface area contributed by atoms with Crippen LogP contribution in [0.15, 0.2) is 48.5 Å². The highest BCUT2D eigenvalue weighted by atomic mass is 32.2. The van der Waals surface area contributed by atoms with Crippen LogP contribution in [0.3, 0.4) is 0 Å². The van der Waals surface area contributed by atoms with E-state index in [0.29, 0.717) is 17.9 Å². The van der Waals surface area contributed by atoms with Gasteiger partial charge < -0.3 is 14.8 Å². The van der Waals surface area contributed by atoms with Gasteiger partial charge in [0.05, 0.1) is 25.1 Å². The van der Waals surface area contributed by atoms with Crippen molar-refractivity contribution in [3.05, 3.63) is 54.1 Å². The number of rotatable bonds is 9. The van der Waals surface area contributed by atoms with Crippen molar-refractivity contribution < 1.29 is 22.7 Å². The van der Waals surface area contributed by atoms with E-state index in [9.17, 15) is 13.2 Å². The molecule has 2 atom stereocenters. The number of hydrogen-bond acceptors (Lipinski definition) is 5. The molecular formula is C21H28N2O5S. The molecule has 0 spiro atoms. The van der Waals surface area contributed by atoms with Crippen LogP contribution < -0.4 is 19.1 Å². The fourth-order valence-electron chi connectivity index (χ4n) is 2.69. The summed E-state index contributed by atoms with van der Waals surface area (Å²) in [6.07, 6.45) is 0.972. The van der Waals surface area contributed by atoms with Gasteiger partial charge in [0.15, 0.2) is 6.10 Å². The number of carbonyl (C=O) groups is 1. The molecule has 2 rings (SSSR count). The molecule has 0 aromatic heterocycles. The molecule has 29 heavy (non-hydrogen) atoms. The number of anilines is 1. The topological polar surface area (TPSA) is 84.9 Å². The third-order valence-electron chi connectivity index (χ3n) is 4.61. The van der Waals surface area contributed by atoms with E-state index < -0.39 is 16.1 Å². The summed E-state index contributed by atoms with van der Waals surface area (Å²) in [6.45, 7) is 3.77. The Hall–Kier alpha value is -2.74. The van der Waals surface area contributed by atoms with Crippen LogP contribution >= 0.6 is 0 Å². The zero-order valence-corrected chi connectivity index (χ0v) is 18.2. The fourth-order valence-corrected chi connectivity index (χ4v) is 3.20. The maximum Gasteiger partial charge on any atom is 0.261 e. The first-order valence-corrected chi connectivity index (χ1v) is 11.2. The van der Waals surface area contributed by atoms with Crippen molar-refractivity contribution in [3.63, 3.8) is 0 Å². The monoisotopic (exact) mass is 420 g/mol. The van der Waals surface area contributed by atoms with E-state index in [-0.39, 0.29) is 11.9 Å². The molecule has 7 nitrogen and oxygen atoms in total. The van der Waals surface area contributed by atoms with Crippen molar-refractivity contribution in [3.8, 4) is 11.5 Å². The molecule has 0 aliphatic rings. The molecule has 0 fully saturated rings. The van der Waals surface area contributed by atoms with Gasteiger partial charge in [-0.1, -0.05) is 19.1 Å². The quantitative estimate of drug-likeness (QED) is 0.674. The van der Waals surface area contributed by atoms with Crippen LogP contribution in [-0.2, 0) is 14.8 Å². The molecule has 158 valence electrons. The fraction of sp³-hybridized carbons (Fsp3) is 0.381. The highest BCUT2D eigenvalue weighted by molar-refractivity contribution is 7.92. The SMILES string of the molecule is CC[C@@H](Oc1ccc(N(C)S(C)(=O)=O)cc1)C(=O)N[C@H](C)c1ccc(OC)cc1. The predicted octanol–water partition coefficient (Wildman–Crippen LogP) is 3.13. The normalized spacial score (nSPS) is 13.3. The summed E-state index contributed by atoms with van der Waals surface area (Å²) in [5.41, 5.74) is 1.48. The first-order chi connectivity index (χ1) is 13.7. The summed E-state index contributed by atoms with van der Waals surface area (Å²) in [5, 5.41) is 2.96. The largest absolute Gasteiger partial charge is 0.497 e. The molecule has 0 bridgehead atoms. The summed E-state index contributed by atoms with van der Waals surface area (Å²) in [5.74, 6) is 1.04. The van der Waals surface area contributed by atoms with E-state index in [4.69, 9.17) is 9.47 Å². The maximum absolute atomic E-state index is 12.6. The molecule has 1 amide bonds. The van der Waals surface area contributed by atoms with Gasteiger partial charge in [0.2, 0.25) is 10.0 Å². The lowest BCUT2D eigenvalue weighted by Gasteiger charge is -2.21. The standard InChI is InChI=1S/C21H28N2O5S/c1-6-20(21(24)22-15(2)16-7-11-18(27-4)12-8-16)28-19-13-9-17(10-14-19)23(3)29(5,25)26/h7-15,20H,6H2,1-5H3,(H,22,24)/t15-,20-/m1/s1. The zero-order valence-electron chi connectivity index (χ0n) is 17.4. The number of ether oxygens (including phenoxy) is 2. The maximum atomic E-state index is 12.6. The molecule has 0 aliphatic heterocycles. The van der Waals surface area contributed by atoms with E-state index in [2.05, 4.69) is 5.32 Å². The third kappa shape index (κ3) is 6.12. The molecular weight excluding hydrogens is 392 g/mol. The average Bonchev–Trinajstić information content (AvgIpc) is 2.71. The first-order valence-electron chi connectivity index (χ1n) is 9.30. The first kappa shape index (κ1) is 22.5. The number of benzene rings is 2. The Morgan fingerprint density at radius 2 is 1.62 bits per heavy atom. The van der Waals surface area contributed by atoms with Crippen molar-refractivity contribution in [2.45, 2.75) is 32.4 Å². The second kappa shape index (κ2) is 9.65. The molecule has 2 aromatic rings. The van der Waals surface area contributed by atoms with Gasteiger partial charge >= 0.3 is 0 Å². The average molecular weight is 421 g/mol. The molecule has 0 saturated heterocycles. The molecule has 0 aliphatic carbocycles. The minimum atomic E-state index is -3.33. The van der Waals surface area contributed by atoms with Gasteiger partial charge in [-0.25, -0.2) is 8.42 Å². The Bertz CT molecular complexity index is 911. The van der Waals surface area contributed by atoms with Crippen LogP contribution in [0.5, 0.6) is 11.5 Å². The molecule has 0 heterocycles. The van der Waals surface area contributed by atoms with Gasteiger partial charge in [0.25, 0.3) is 5.91 Å². The second-order valence-electron chi connectivity index (χ2n) is 6.74. The van der Waals surface area contributed by atoms with E-state index in [1.165, 1.54) is 11.4 Å². The predicted molar refractivity (Wildman–Crippen MR) is 114 cm³/mol. The van der Waals surface area contributed by atoms with E-state index >= 15 is 0 Å². The van der Waals surface area contributed by atoms with Gasteiger partial charge in [-0.05, 0) is 55.3 Å². The number of amides is 1. The number of nitrogens with one attached hydrogen (secondary N) is 1. The minimum absolute atomic E-state index is 0.183. The van der Waals surface area contributed by atoms with E-state index in [1.807, 2.05) is 38.1 Å². The Kier molecular flexibility index (Phi) is 7.50. The summed E-state index contributed by atoms with van der Waals surface area (Å²) >= 11 is 0. The minimum Gasteiger partial charge on any atom is -0.497 e. The third-order valence-corrected chi connectivity index (χ3v) is 5.82. The van der Waals surface area contributed by atoms with Crippen molar-refractivity contribution in [1.29, 1.82) is 0 Å². The van der Waals surface area contributed by atoms with Crippen LogP contribution in [0.4, 0.5) is 5.69 Å². The number of methoxy groups -OCH3 is 1. The number of carbonyl (C=O) groups excluding carboxylic acids is 1. The Morgan fingerprint density at radius 1 is 1.07 bits per heavy atom. The van der Waals surface area contributed by atoms with E-state index in [1.54, 1.807) is 31.4 Å². The van der Waals surface area contributed by atoms with Gasteiger partial charge in [-0.3, -0.25) is 9.10 Å². The highest BCUT2D eigenvalue weighted by Gasteiger charge is 2.21. The van der Waals surface area contributed by atoms with Crippen LogP contribution in [0.25, 0.3) is 0 Å². The molecule has 0 radical (unpaired) electrons. The summed E-state index contributed by atoms with van der Waals surface area (Å²) in [6, 6.07) is 13.9. The summed E-state index contributed by atoms with van der Waals surface area (Å²) in [7, 11) is -0.247. The van der Waals surface area contributed by atoms with Gasteiger partial charge in [-0.15, -0.1) is 0 Å².